The molecule has 0 saturated carbocycles. The summed E-state index contributed by atoms with van der Waals surface area (Å²) in [6, 6.07) is 1.72. The van der Waals surface area contributed by atoms with Gasteiger partial charge in [-0.1, -0.05) is 5.16 Å². The molecule has 2 saturated heterocycles. The van der Waals surface area contributed by atoms with E-state index in [9.17, 15) is 8.42 Å². The molecule has 1 aromatic rings. The number of aryl methyl sites for hydroxylation is 1. The zero-order chi connectivity index (χ0) is 16.4. The van der Waals surface area contributed by atoms with Crippen molar-refractivity contribution in [1.82, 2.24) is 14.8 Å². The van der Waals surface area contributed by atoms with Gasteiger partial charge in [-0.25, -0.2) is 13.1 Å². The van der Waals surface area contributed by atoms with Crippen LogP contribution in [0.1, 0.15) is 31.2 Å². The van der Waals surface area contributed by atoms with Crippen LogP contribution < -0.4 is 4.72 Å². The number of sulfonamides is 1. The van der Waals surface area contributed by atoms with Crippen molar-refractivity contribution in [2.45, 2.75) is 45.4 Å². The number of ether oxygens (including phenoxy) is 1. The van der Waals surface area contributed by atoms with Gasteiger partial charge in [0.25, 0.3) is 0 Å². The van der Waals surface area contributed by atoms with Gasteiger partial charge >= 0.3 is 0 Å². The Hall–Kier alpha value is -0.960. The van der Waals surface area contributed by atoms with E-state index in [0.717, 1.165) is 30.8 Å². The molecule has 2 aliphatic heterocycles. The number of nitrogens with one attached hydrogen (secondary N) is 1. The van der Waals surface area contributed by atoms with E-state index < -0.39 is 10.0 Å². The standard InChI is InChI=1S/C15H25N3O4S/c1-3-23(19,20)17-14-10-18(9-13-7-11(2)22-16-13)8-12-5-4-6-21-15(12)14/h7,12,14-15,17H,3-6,8-10H2,1-2H3/t12-,14+,15-/m0/s1. The number of likely N-dealkylation sites (tertiary alicyclic amines) is 1. The molecular formula is C15H25N3O4S. The van der Waals surface area contributed by atoms with Crippen LogP contribution in [0.15, 0.2) is 10.6 Å². The second-order valence-corrected chi connectivity index (χ2v) is 8.53. The van der Waals surface area contributed by atoms with Crippen molar-refractivity contribution in [3.05, 3.63) is 17.5 Å². The topological polar surface area (TPSA) is 84.7 Å². The van der Waals surface area contributed by atoms with Gasteiger partial charge in [-0.15, -0.1) is 0 Å². The lowest BCUT2D eigenvalue weighted by molar-refractivity contribution is -0.0826. The van der Waals surface area contributed by atoms with Crippen molar-refractivity contribution >= 4 is 10.0 Å². The minimum absolute atomic E-state index is 0.0274. The van der Waals surface area contributed by atoms with Crippen LogP contribution in [0.3, 0.4) is 0 Å². The Morgan fingerprint density at radius 1 is 1.43 bits per heavy atom. The molecule has 1 N–H and O–H groups in total. The van der Waals surface area contributed by atoms with Gasteiger partial charge in [0, 0.05) is 32.3 Å². The minimum Gasteiger partial charge on any atom is -0.376 e. The van der Waals surface area contributed by atoms with Gasteiger partial charge in [0.1, 0.15) is 5.76 Å². The van der Waals surface area contributed by atoms with Crippen LogP contribution in [-0.2, 0) is 21.3 Å². The fourth-order valence-corrected chi connectivity index (χ4v) is 4.40. The lowest BCUT2D eigenvalue weighted by Gasteiger charge is -2.45. The van der Waals surface area contributed by atoms with Gasteiger partial charge in [-0.2, -0.15) is 0 Å². The average Bonchev–Trinajstić information content (AvgIpc) is 2.92. The number of piperidine rings is 1. The van der Waals surface area contributed by atoms with E-state index in [-0.39, 0.29) is 17.9 Å². The van der Waals surface area contributed by atoms with Crippen LogP contribution >= 0.6 is 0 Å². The number of hydrogen-bond acceptors (Lipinski definition) is 6. The molecule has 0 aliphatic carbocycles. The number of hydrogen-bond donors (Lipinski definition) is 1. The van der Waals surface area contributed by atoms with Gasteiger partial charge in [-0.05, 0) is 32.6 Å². The van der Waals surface area contributed by atoms with Gasteiger partial charge < -0.3 is 9.26 Å². The predicted molar refractivity (Wildman–Crippen MR) is 85.4 cm³/mol. The highest BCUT2D eigenvalue weighted by Crippen LogP contribution is 2.29. The second kappa shape index (κ2) is 6.88. The first-order valence-corrected chi connectivity index (χ1v) is 9.88. The maximum atomic E-state index is 12.0. The van der Waals surface area contributed by atoms with Crippen LogP contribution in [0.25, 0.3) is 0 Å². The molecule has 7 nitrogen and oxygen atoms in total. The fourth-order valence-electron chi connectivity index (χ4n) is 3.56. The molecule has 0 radical (unpaired) electrons. The third kappa shape index (κ3) is 4.12. The maximum Gasteiger partial charge on any atom is 0.211 e. The van der Waals surface area contributed by atoms with E-state index in [1.54, 1.807) is 6.92 Å². The van der Waals surface area contributed by atoms with Crippen LogP contribution in [0, 0.1) is 12.8 Å². The first kappa shape index (κ1) is 16.9. The van der Waals surface area contributed by atoms with Crippen molar-refractivity contribution in [2.24, 2.45) is 5.92 Å². The maximum absolute atomic E-state index is 12.0. The molecule has 1 aromatic heterocycles. The number of aromatic nitrogens is 1. The second-order valence-electron chi connectivity index (χ2n) is 6.49. The highest BCUT2D eigenvalue weighted by Gasteiger charge is 2.40. The summed E-state index contributed by atoms with van der Waals surface area (Å²) >= 11 is 0. The Morgan fingerprint density at radius 3 is 2.96 bits per heavy atom. The van der Waals surface area contributed by atoms with Gasteiger partial charge in [0.15, 0.2) is 0 Å². The summed E-state index contributed by atoms with van der Waals surface area (Å²) in [7, 11) is -3.25. The average molecular weight is 343 g/mol. The normalized spacial score (nSPS) is 29.4. The van der Waals surface area contributed by atoms with E-state index in [1.807, 2.05) is 13.0 Å². The molecule has 23 heavy (non-hydrogen) atoms. The summed E-state index contributed by atoms with van der Waals surface area (Å²) in [5, 5.41) is 4.04. The molecule has 3 rings (SSSR count). The monoisotopic (exact) mass is 343 g/mol. The van der Waals surface area contributed by atoms with Crippen molar-refractivity contribution in [2.75, 3.05) is 25.4 Å². The third-order valence-electron chi connectivity index (χ3n) is 4.61. The first-order valence-electron chi connectivity index (χ1n) is 8.23. The molecule has 130 valence electrons. The fraction of sp³-hybridized carbons (Fsp3) is 0.800. The van der Waals surface area contributed by atoms with Crippen LogP contribution in [0.4, 0.5) is 0 Å². The van der Waals surface area contributed by atoms with Gasteiger partial charge in [-0.3, -0.25) is 4.90 Å². The van der Waals surface area contributed by atoms with E-state index in [1.165, 1.54) is 0 Å². The molecule has 0 bridgehead atoms. The quantitative estimate of drug-likeness (QED) is 0.855. The molecule has 2 fully saturated rings. The molecule has 0 amide bonds. The summed E-state index contributed by atoms with van der Waals surface area (Å²) in [4.78, 5) is 2.25. The van der Waals surface area contributed by atoms with E-state index >= 15 is 0 Å². The molecule has 0 spiro atoms. The van der Waals surface area contributed by atoms with Crippen molar-refractivity contribution < 1.29 is 17.7 Å². The van der Waals surface area contributed by atoms with Crippen molar-refractivity contribution in [1.29, 1.82) is 0 Å². The van der Waals surface area contributed by atoms with Crippen LogP contribution in [0.2, 0.25) is 0 Å². The third-order valence-corrected chi connectivity index (χ3v) is 6.03. The Kier molecular flexibility index (Phi) is 5.05. The molecule has 3 heterocycles. The predicted octanol–water partition coefficient (Wildman–Crippen LogP) is 0.902. The summed E-state index contributed by atoms with van der Waals surface area (Å²) < 4.78 is 37.8. The molecule has 0 unspecified atom stereocenters. The summed E-state index contributed by atoms with van der Waals surface area (Å²) in [6.07, 6.45) is 2.08. The van der Waals surface area contributed by atoms with Gasteiger partial charge in [0.2, 0.25) is 10.0 Å². The highest BCUT2D eigenvalue weighted by atomic mass is 32.2. The number of fused-ring (bicyclic) bond motifs is 1. The number of nitrogens with zero attached hydrogens (tertiary/aromatic N) is 2. The lowest BCUT2D eigenvalue weighted by atomic mass is 9.86. The Labute approximate surface area is 137 Å². The SMILES string of the molecule is CCS(=O)(=O)N[C@@H]1CN(Cc2cc(C)on2)C[C@@H]2CCCO[C@@H]21. The highest BCUT2D eigenvalue weighted by molar-refractivity contribution is 7.89. The molecular weight excluding hydrogens is 318 g/mol. The molecule has 0 aromatic carbocycles. The summed E-state index contributed by atoms with van der Waals surface area (Å²) in [6.45, 7) is 6.45. The van der Waals surface area contributed by atoms with Crippen molar-refractivity contribution in [3.8, 4) is 0 Å². The molecule has 2 aliphatic rings. The Bertz CT molecular complexity index is 630. The number of rotatable bonds is 5. The van der Waals surface area contributed by atoms with E-state index in [0.29, 0.717) is 25.6 Å². The molecule has 8 heteroatoms. The Balaban J connectivity index is 1.73. The molecule has 3 atom stereocenters. The van der Waals surface area contributed by atoms with Gasteiger partial charge in [0.05, 0.1) is 23.6 Å². The van der Waals surface area contributed by atoms with Crippen molar-refractivity contribution in [3.63, 3.8) is 0 Å². The summed E-state index contributed by atoms with van der Waals surface area (Å²) in [5.74, 6) is 1.23. The smallest absolute Gasteiger partial charge is 0.211 e. The Morgan fingerprint density at radius 2 is 2.26 bits per heavy atom. The van der Waals surface area contributed by atoms with Crippen LogP contribution in [-0.4, -0.2) is 56.1 Å². The zero-order valence-corrected chi connectivity index (χ0v) is 14.5. The largest absolute Gasteiger partial charge is 0.376 e. The lowest BCUT2D eigenvalue weighted by Crippen LogP contribution is -2.60. The van der Waals surface area contributed by atoms with E-state index in [2.05, 4.69) is 14.8 Å². The first-order chi connectivity index (χ1) is 11.0. The summed E-state index contributed by atoms with van der Waals surface area (Å²) in [5.41, 5.74) is 0.884. The minimum atomic E-state index is -3.25. The zero-order valence-electron chi connectivity index (χ0n) is 13.7. The van der Waals surface area contributed by atoms with Crippen LogP contribution in [0.5, 0.6) is 0 Å². The van der Waals surface area contributed by atoms with E-state index in [4.69, 9.17) is 9.26 Å².